The van der Waals surface area contributed by atoms with Gasteiger partial charge in [-0.25, -0.2) is 0 Å². The van der Waals surface area contributed by atoms with Gasteiger partial charge in [-0.3, -0.25) is 0 Å². The standard InChI is InChI=1S/C17H19N.ClH/c18-17(13-14-7-2-1-3-8-14)12-6-10-15-9-4-5-11-16(15)17;/h1-5,7-9,11H,6,10,12-13,18H2;1H. The third-order valence-electron chi connectivity index (χ3n) is 3.99. The van der Waals surface area contributed by atoms with Gasteiger partial charge >= 0.3 is 0 Å². The van der Waals surface area contributed by atoms with E-state index in [1.807, 2.05) is 0 Å². The van der Waals surface area contributed by atoms with Gasteiger partial charge in [-0.15, -0.1) is 12.4 Å². The molecular formula is C17H20ClN. The van der Waals surface area contributed by atoms with E-state index in [1.54, 1.807) is 0 Å². The minimum absolute atomic E-state index is 0. The van der Waals surface area contributed by atoms with Crippen LogP contribution >= 0.6 is 12.4 Å². The minimum Gasteiger partial charge on any atom is -0.321 e. The van der Waals surface area contributed by atoms with Crippen LogP contribution in [-0.2, 0) is 18.4 Å². The number of rotatable bonds is 2. The van der Waals surface area contributed by atoms with Crippen LogP contribution in [0.5, 0.6) is 0 Å². The van der Waals surface area contributed by atoms with Crippen LogP contribution in [0.4, 0.5) is 0 Å². The van der Waals surface area contributed by atoms with E-state index in [1.165, 1.54) is 29.5 Å². The number of fused-ring (bicyclic) bond motifs is 1. The molecule has 2 aromatic carbocycles. The maximum atomic E-state index is 6.70. The number of aryl methyl sites for hydroxylation is 1. The van der Waals surface area contributed by atoms with Crippen molar-refractivity contribution in [3.05, 3.63) is 71.3 Å². The number of hydrogen-bond donors (Lipinski definition) is 1. The van der Waals surface area contributed by atoms with E-state index in [4.69, 9.17) is 5.73 Å². The molecule has 0 amide bonds. The number of benzene rings is 2. The molecule has 0 saturated heterocycles. The lowest BCUT2D eigenvalue weighted by Crippen LogP contribution is -2.42. The van der Waals surface area contributed by atoms with E-state index >= 15 is 0 Å². The highest BCUT2D eigenvalue weighted by Crippen LogP contribution is 2.35. The first-order valence-corrected chi connectivity index (χ1v) is 6.69. The van der Waals surface area contributed by atoms with E-state index in [9.17, 15) is 0 Å². The first-order chi connectivity index (χ1) is 8.78. The SMILES string of the molecule is Cl.NC1(Cc2ccccc2)CCCc2ccccc21. The maximum absolute atomic E-state index is 6.70. The zero-order valence-electron chi connectivity index (χ0n) is 11.0. The van der Waals surface area contributed by atoms with Crippen molar-refractivity contribution in [1.29, 1.82) is 0 Å². The Labute approximate surface area is 121 Å². The van der Waals surface area contributed by atoms with E-state index < -0.39 is 0 Å². The molecule has 0 saturated carbocycles. The molecule has 2 N–H and O–H groups in total. The fourth-order valence-electron chi connectivity index (χ4n) is 3.10. The van der Waals surface area contributed by atoms with Crippen molar-refractivity contribution in [1.82, 2.24) is 0 Å². The summed E-state index contributed by atoms with van der Waals surface area (Å²) < 4.78 is 0. The average Bonchev–Trinajstić information content (AvgIpc) is 2.40. The van der Waals surface area contributed by atoms with Crippen LogP contribution in [-0.4, -0.2) is 0 Å². The first kappa shape index (κ1) is 14.1. The Kier molecular flexibility index (Phi) is 4.28. The Morgan fingerprint density at radius 2 is 1.63 bits per heavy atom. The van der Waals surface area contributed by atoms with Crippen molar-refractivity contribution in [3.8, 4) is 0 Å². The fraction of sp³-hybridized carbons (Fsp3) is 0.294. The number of hydrogen-bond acceptors (Lipinski definition) is 1. The van der Waals surface area contributed by atoms with Gasteiger partial charge in [0.2, 0.25) is 0 Å². The molecular weight excluding hydrogens is 254 g/mol. The monoisotopic (exact) mass is 273 g/mol. The lowest BCUT2D eigenvalue weighted by Gasteiger charge is -2.36. The molecule has 0 bridgehead atoms. The van der Waals surface area contributed by atoms with Crippen LogP contribution in [0.25, 0.3) is 0 Å². The summed E-state index contributed by atoms with van der Waals surface area (Å²) in [6, 6.07) is 19.2. The molecule has 1 unspecified atom stereocenters. The second kappa shape index (κ2) is 5.77. The molecule has 1 aliphatic rings. The van der Waals surface area contributed by atoms with Gasteiger partial charge in [0.1, 0.15) is 0 Å². The molecule has 19 heavy (non-hydrogen) atoms. The van der Waals surface area contributed by atoms with Crippen molar-refractivity contribution in [2.75, 3.05) is 0 Å². The molecule has 1 aliphatic carbocycles. The highest BCUT2D eigenvalue weighted by atomic mass is 35.5. The van der Waals surface area contributed by atoms with Crippen molar-refractivity contribution in [3.63, 3.8) is 0 Å². The normalized spacial score (nSPS) is 21.3. The molecule has 2 heteroatoms. The molecule has 0 spiro atoms. The molecule has 0 heterocycles. The van der Waals surface area contributed by atoms with Gasteiger partial charge in [0.25, 0.3) is 0 Å². The third kappa shape index (κ3) is 2.83. The molecule has 1 atom stereocenters. The Morgan fingerprint density at radius 3 is 2.42 bits per heavy atom. The van der Waals surface area contributed by atoms with Crippen LogP contribution in [0, 0.1) is 0 Å². The highest BCUT2D eigenvalue weighted by Gasteiger charge is 2.32. The Hall–Kier alpha value is -1.31. The molecule has 0 radical (unpaired) electrons. The Bertz CT molecular complexity index is 538. The van der Waals surface area contributed by atoms with E-state index in [0.29, 0.717) is 0 Å². The molecule has 3 rings (SSSR count). The number of nitrogens with two attached hydrogens (primary N) is 1. The Morgan fingerprint density at radius 1 is 0.947 bits per heavy atom. The summed E-state index contributed by atoms with van der Waals surface area (Å²) in [5.41, 5.74) is 10.6. The molecule has 100 valence electrons. The quantitative estimate of drug-likeness (QED) is 0.884. The topological polar surface area (TPSA) is 26.0 Å². The smallest absolute Gasteiger partial charge is 0.0453 e. The summed E-state index contributed by atoms with van der Waals surface area (Å²) in [6.45, 7) is 0. The summed E-state index contributed by atoms with van der Waals surface area (Å²) in [4.78, 5) is 0. The second-order valence-corrected chi connectivity index (χ2v) is 5.33. The van der Waals surface area contributed by atoms with Gasteiger partial charge in [-0.1, -0.05) is 54.6 Å². The maximum Gasteiger partial charge on any atom is 0.0453 e. The van der Waals surface area contributed by atoms with Crippen molar-refractivity contribution in [2.45, 2.75) is 31.2 Å². The van der Waals surface area contributed by atoms with Crippen LogP contribution < -0.4 is 5.73 Å². The summed E-state index contributed by atoms with van der Waals surface area (Å²) in [5, 5.41) is 0. The summed E-state index contributed by atoms with van der Waals surface area (Å²) in [7, 11) is 0. The highest BCUT2D eigenvalue weighted by molar-refractivity contribution is 5.85. The van der Waals surface area contributed by atoms with Gasteiger partial charge < -0.3 is 5.73 Å². The largest absolute Gasteiger partial charge is 0.321 e. The molecule has 0 aromatic heterocycles. The van der Waals surface area contributed by atoms with E-state index in [0.717, 1.165) is 12.8 Å². The molecule has 0 aliphatic heterocycles. The third-order valence-corrected chi connectivity index (χ3v) is 3.99. The molecule has 2 aromatic rings. The summed E-state index contributed by atoms with van der Waals surface area (Å²) >= 11 is 0. The predicted octanol–water partition coefficient (Wildman–Crippen LogP) is 3.84. The lowest BCUT2D eigenvalue weighted by molar-refractivity contribution is 0.369. The zero-order valence-corrected chi connectivity index (χ0v) is 11.8. The van der Waals surface area contributed by atoms with Crippen molar-refractivity contribution in [2.24, 2.45) is 5.73 Å². The zero-order chi connectivity index (χ0) is 12.4. The average molecular weight is 274 g/mol. The van der Waals surface area contributed by atoms with Gasteiger partial charge in [-0.2, -0.15) is 0 Å². The fourth-order valence-corrected chi connectivity index (χ4v) is 3.10. The van der Waals surface area contributed by atoms with Gasteiger partial charge in [0, 0.05) is 5.54 Å². The van der Waals surface area contributed by atoms with E-state index in [-0.39, 0.29) is 17.9 Å². The predicted molar refractivity (Wildman–Crippen MR) is 82.6 cm³/mol. The van der Waals surface area contributed by atoms with Gasteiger partial charge in [0.15, 0.2) is 0 Å². The van der Waals surface area contributed by atoms with Crippen LogP contribution in [0.1, 0.15) is 29.5 Å². The molecule has 1 nitrogen and oxygen atoms in total. The van der Waals surface area contributed by atoms with E-state index in [2.05, 4.69) is 54.6 Å². The van der Waals surface area contributed by atoms with Crippen LogP contribution in [0.15, 0.2) is 54.6 Å². The van der Waals surface area contributed by atoms with Crippen molar-refractivity contribution < 1.29 is 0 Å². The summed E-state index contributed by atoms with van der Waals surface area (Å²) in [6.07, 6.45) is 4.38. The second-order valence-electron chi connectivity index (χ2n) is 5.33. The summed E-state index contributed by atoms with van der Waals surface area (Å²) in [5.74, 6) is 0. The van der Waals surface area contributed by atoms with Crippen LogP contribution in [0.3, 0.4) is 0 Å². The minimum atomic E-state index is -0.184. The lowest BCUT2D eigenvalue weighted by atomic mass is 9.74. The van der Waals surface area contributed by atoms with Crippen molar-refractivity contribution >= 4 is 12.4 Å². The number of halogens is 1. The van der Waals surface area contributed by atoms with Gasteiger partial charge in [-0.05, 0) is 42.4 Å². The first-order valence-electron chi connectivity index (χ1n) is 6.69. The molecule has 0 fully saturated rings. The Balaban J connectivity index is 0.00000133. The van der Waals surface area contributed by atoms with Gasteiger partial charge in [0.05, 0.1) is 0 Å². The van der Waals surface area contributed by atoms with Crippen LogP contribution in [0.2, 0.25) is 0 Å².